The maximum atomic E-state index is 12.1. The summed E-state index contributed by atoms with van der Waals surface area (Å²) in [6, 6.07) is 0. The van der Waals surface area contributed by atoms with Crippen molar-refractivity contribution in [3.05, 3.63) is 0 Å². The van der Waals surface area contributed by atoms with Crippen molar-refractivity contribution in [2.45, 2.75) is 90.4 Å². The van der Waals surface area contributed by atoms with E-state index in [0.29, 0.717) is 45.3 Å². The fourth-order valence-electron chi connectivity index (χ4n) is 4.55. The maximum Gasteiger partial charge on any atom is 0.306 e. The van der Waals surface area contributed by atoms with E-state index in [-0.39, 0.29) is 127 Å². The Hall–Kier alpha value is -3.80. The first-order valence-electron chi connectivity index (χ1n) is 17.4. The van der Waals surface area contributed by atoms with Gasteiger partial charge in [0.2, 0.25) is 11.8 Å². The van der Waals surface area contributed by atoms with E-state index in [1.54, 1.807) is 6.92 Å². The van der Waals surface area contributed by atoms with Crippen molar-refractivity contribution >= 4 is 47.1 Å². The third-order valence-electron chi connectivity index (χ3n) is 7.42. The van der Waals surface area contributed by atoms with Gasteiger partial charge in [-0.3, -0.25) is 38.4 Å². The summed E-state index contributed by atoms with van der Waals surface area (Å²) >= 11 is 0. The Morgan fingerprint density at radius 1 is 0.510 bits per heavy atom. The molecule has 5 N–H and O–H groups in total. The normalized spacial score (nSPS) is 12.1. The quantitative estimate of drug-likeness (QED) is 0.0573. The van der Waals surface area contributed by atoms with Crippen molar-refractivity contribution in [2.75, 3.05) is 65.9 Å². The van der Waals surface area contributed by atoms with Crippen LogP contribution in [0.1, 0.15) is 90.4 Å². The number of hydrogen-bond acceptors (Lipinski definition) is 12. The Bertz CT molecular complexity index is 1080. The van der Waals surface area contributed by atoms with Crippen molar-refractivity contribution in [2.24, 2.45) is 11.8 Å². The third kappa shape index (κ3) is 29.6. The molecule has 0 aromatic carbocycles. The highest BCUT2D eigenvalue weighted by molar-refractivity contribution is 5.85. The van der Waals surface area contributed by atoms with E-state index < -0.39 is 35.7 Å². The molecule has 0 aromatic rings. The molecule has 17 nitrogen and oxygen atoms in total. The van der Waals surface area contributed by atoms with Crippen molar-refractivity contribution in [1.29, 1.82) is 0 Å². The molecule has 0 saturated heterocycles. The first-order chi connectivity index (χ1) is 24.3. The molecule has 2 unspecified atom stereocenters. The number of unbranched alkanes of at least 4 members (excludes halogenated alkanes) is 1. The number of carbonyl (C=O) groups is 8. The van der Waals surface area contributed by atoms with Gasteiger partial charge in [-0.15, -0.1) is 0 Å². The zero-order chi connectivity index (χ0) is 38.3. The molecular formula is C34H56N2O15. The summed E-state index contributed by atoms with van der Waals surface area (Å²) in [5, 5.41) is 32.6. The molecule has 0 aliphatic rings. The Labute approximate surface area is 298 Å². The number of aliphatic carboxylic acids is 3. The molecule has 0 aliphatic carbocycles. The smallest absolute Gasteiger partial charge is 0.306 e. The fraction of sp³-hybridized carbons (Fsp3) is 0.765. The number of amides is 2. The topological polar surface area (TPSA) is 258 Å². The van der Waals surface area contributed by atoms with Gasteiger partial charge >= 0.3 is 17.9 Å². The summed E-state index contributed by atoms with van der Waals surface area (Å²) in [6.45, 7) is 3.29. The van der Waals surface area contributed by atoms with E-state index in [1.165, 1.54) is 0 Å². The van der Waals surface area contributed by atoms with Crippen molar-refractivity contribution < 1.29 is 72.6 Å². The second-order valence-electron chi connectivity index (χ2n) is 11.9. The molecule has 0 rings (SSSR count). The predicted molar refractivity (Wildman–Crippen MR) is 180 cm³/mol. The number of carboxylic acid groups (broad SMARTS) is 3. The minimum Gasteiger partial charge on any atom is -0.481 e. The van der Waals surface area contributed by atoms with Crippen molar-refractivity contribution in [3.8, 4) is 0 Å². The van der Waals surface area contributed by atoms with Crippen LogP contribution < -0.4 is 10.6 Å². The van der Waals surface area contributed by atoms with Gasteiger partial charge in [0.15, 0.2) is 11.6 Å². The maximum absolute atomic E-state index is 12.1. The van der Waals surface area contributed by atoms with Crippen molar-refractivity contribution in [1.82, 2.24) is 10.6 Å². The van der Waals surface area contributed by atoms with E-state index in [2.05, 4.69) is 10.6 Å². The summed E-state index contributed by atoms with van der Waals surface area (Å²) < 4.78 is 21.3. The monoisotopic (exact) mass is 732 g/mol. The van der Waals surface area contributed by atoms with Crippen LogP contribution in [0.25, 0.3) is 0 Å². The largest absolute Gasteiger partial charge is 0.481 e. The Balaban J connectivity index is 3.77. The Kier molecular flexibility index (Phi) is 28.7. The van der Waals surface area contributed by atoms with E-state index in [9.17, 15) is 48.6 Å². The summed E-state index contributed by atoms with van der Waals surface area (Å²) in [6.07, 6.45) is 2.09. The van der Waals surface area contributed by atoms with E-state index >= 15 is 0 Å². The average molecular weight is 733 g/mol. The second kappa shape index (κ2) is 31.0. The number of Topliss-reactive ketones (excluding diaryl/α,β-unsaturated/α-hetero) is 3. The average Bonchev–Trinajstić information content (AvgIpc) is 3.07. The van der Waals surface area contributed by atoms with Crippen LogP contribution in [0.15, 0.2) is 0 Å². The third-order valence-corrected chi connectivity index (χ3v) is 7.42. The molecule has 292 valence electrons. The van der Waals surface area contributed by atoms with Gasteiger partial charge in [-0.25, -0.2) is 0 Å². The van der Waals surface area contributed by atoms with Gasteiger partial charge < -0.3 is 44.9 Å². The molecule has 0 radical (unpaired) electrons. The van der Waals surface area contributed by atoms with Gasteiger partial charge in [-0.2, -0.15) is 0 Å². The number of ether oxygens (including phenoxy) is 4. The highest BCUT2D eigenvalue weighted by Crippen LogP contribution is 2.15. The summed E-state index contributed by atoms with van der Waals surface area (Å²) in [4.78, 5) is 92.6. The van der Waals surface area contributed by atoms with Crippen LogP contribution in [0.5, 0.6) is 0 Å². The van der Waals surface area contributed by atoms with Gasteiger partial charge in [0.25, 0.3) is 0 Å². The molecule has 2 atom stereocenters. The lowest BCUT2D eigenvalue weighted by atomic mass is 9.95. The second-order valence-corrected chi connectivity index (χ2v) is 11.9. The minimum absolute atomic E-state index is 0.0240. The summed E-state index contributed by atoms with van der Waals surface area (Å²) in [5.74, 6) is -6.33. The fourth-order valence-corrected chi connectivity index (χ4v) is 4.55. The van der Waals surface area contributed by atoms with E-state index in [4.69, 9.17) is 24.1 Å². The van der Waals surface area contributed by atoms with Gasteiger partial charge in [0, 0.05) is 64.6 Å². The lowest BCUT2D eigenvalue weighted by Crippen LogP contribution is -2.29. The summed E-state index contributed by atoms with van der Waals surface area (Å²) in [7, 11) is 0. The van der Waals surface area contributed by atoms with Crippen molar-refractivity contribution in [3.63, 3.8) is 0 Å². The highest BCUT2D eigenvalue weighted by atomic mass is 16.5. The molecule has 0 aliphatic heterocycles. The molecule has 2 amide bonds. The zero-order valence-electron chi connectivity index (χ0n) is 29.7. The number of ketones is 3. The first-order valence-corrected chi connectivity index (χ1v) is 17.4. The van der Waals surface area contributed by atoms with Gasteiger partial charge in [0.05, 0.1) is 44.9 Å². The molecule has 0 aromatic heterocycles. The highest BCUT2D eigenvalue weighted by Gasteiger charge is 2.23. The van der Waals surface area contributed by atoms with Gasteiger partial charge in [-0.05, 0) is 32.1 Å². The molecule has 0 saturated carbocycles. The Morgan fingerprint density at radius 3 is 1.69 bits per heavy atom. The van der Waals surface area contributed by atoms with E-state index in [0.717, 1.165) is 0 Å². The minimum atomic E-state index is -1.19. The van der Waals surface area contributed by atoms with Gasteiger partial charge in [0.1, 0.15) is 19.0 Å². The molecular weight excluding hydrogens is 676 g/mol. The first kappa shape index (κ1) is 47.2. The lowest BCUT2D eigenvalue weighted by Gasteiger charge is -2.12. The predicted octanol–water partition coefficient (Wildman–Crippen LogP) is 1.57. The van der Waals surface area contributed by atoms with Crippen LogP contribution in [-0.4, -0.2) is 128 Å². The number of carbonyl (C=O) groups excluding carboxylic acids is 5. The van der Waals surface area contributed by atoms with Crippen LogP contribution in [0.3, 0.4) is 0 Å². The van der Waals surface area contributed by atoms with Crippen LogP contribution in [-0.2, 0) is 57.3 Å². The van der Waals surface area contributed by atoms with E-state index in [1.807, 2.05) is 0 Å². The molecule has 17 heteroatoms. The molecule has 0 fully saturated rings. The van der Waals surface area contributed by atoms with Crippen LogP contribution in [0.4, 0.5) is 0 Å². The Morgan fingerprint density at radius 2 is 1.06 bits per heavy atom. The standard InChI is InChI=1S/C34H56N2O15/c1-2-30(40)35-13-4-3-7-25(33(44)45)22-29(39)24-51-19-17-48-15-6-9-28(38)23-50-20-18-49-16-14-36-31(41)12-11-26(34(46)47)21-27(37)8-5-10-32(42)43/h25-26H,2-24H2,1H3,(H,35,40)(H,36,41)(H,42,43)(H,44,45)(H,46,47). The SMILES string of the molecule is CCC(=O)NCCCCC(CC(=O)COCCOCCCC(=O)COCCOCCNC(=O)CCC(CC(=O)CCCC(=O)O)C(=O)O)C(=O)O. The molecule has 0 spiro atoms. The zero-order valence-corrected chi connectivity index (χ0v) is 29.7. The summed E-state index contributed by atoms with van der Waals surface area (Å²) in [5.41, 5.74) is 0. The molecule has 0 bridgehead atoms. The molecule has 51 heavy (non-hydrogen) atoms. The van der Waals surface area contributed by atoms with Crippen LogP contribution >= 0.6 is 0 Å². The van der Waals surface area contributed by atoms with Gasteiger partial charge in [-0.1, -0.05) is 13.3 Å². The lowest BCUT2D eigenvalue weighted by molar-refractivity contribution is -0.145. The number of nitrogens with one attached hydrogen (secondary N) is 2. The number of rotatable bonds is 36. The van der Waals surface area contributed by atoms with Crippen LogP contribution in [0, 0.1) is 11.8 Å². The molecule has 0 heterocycles. The number of carboxylic acids is 3. The van der Waals surface area contributed by atoms with Crippen LogP contribution in [0.2, 0.25) is 0 Å². The number of hydrogen-bond donors (Lipinski definition) is 5.